The Bertz CT molecular complexity index is 824. The number of anilines is 1. The van der Waals surface area contributed by atoms with Crippen LogP contribution in [0.3, 0.4) is 0 Å². The average molecular weight is 387 g/mol. The number of aromatic nitrogens is 1. The highest BCUT2D eigenvalue weighted by Gasteiger charge is 2.12. The Morgan fingerprint density at radius 2 is 1.88 bits per heavy atom. The summed E-state index contributed by atoms with van der Waals surface area (Å²) >= 11 is 3.51. The number of nitrogens with one attached hydrogen (secondary N) is 1. The van der Waals surface area contributed by atoms with Gasteiger partial charge in [-0.05, 0) is 65.7 Å². The van der Waals surface area contributed by atoms with Crippen molar-refractivity contribution in [3.8, 4) is 6.07 Å². The van der Waals surface area contributed by atoms with Crippen molar-refractivity contribution in [2.75, 3.05) is 24.4 Å². The lowest BCUT2D eigenvalue weighted by atomic mass is 10.1. The summed E-state index contributed by atoms with van der Waals surface area (Å²) in [6, 6.07) is 11.5. The zero-order valence-corrected chi connectivity index (χ0v) is 15.7. The summed E-state index contributed by atoms with van der Waals surface area (Å²) in [5.74, 6) is -0.437. The molecule has 0 bridgehead atoms. The van der Waals surface area contributed by atoms with Gasteiger partial charge in [0.05, 0.1) is 5.69 Å². The fourth-order valence-electron chi connectivity index (χ4n) is 2.30. The van der Waals surface area contributed by atoms with E-state index >= 15 is 0 Å². The maximum atomic E-state index is 12.4. The first-order valence-electron chi connectivity index (χ1n) is 7.38. The normalized spacial score (nSPS) is 11.1. The molecule has 0 radical (unpaired) electrons. The van der Waals surface area contributed by atoms with Crippen LogP contribution in [-0.4, -0.2) is 24.7 Å². The first-order chi connectivity index (χ1) is 11.3. The molecule has 24 heavy (non-hydrogen) atoms. The Kier molecular flexibility index (Phi) is 5.47. The molecule has 6 heteroatoms. The molecule has 2 rings (SSSR count). The van der Waals surface area contributed by atoms with E-state index in [9.17, 15) is 10.1 Å². The highest BCUT2D eigenvalue weighted by atomic mass is 79.9. The molecule has 0 aliphatic carbocycles. The van der Waals surface area contributed by atoms with E-state index < -0.39 is 5.91 Å². The predicted octanol–water partition coefficient (Wildman–Crippen LogP) is 3.61. The van der Waals surface area contributed by atoms with Crippen LogP contribution in [0.2, 0.25) is 0 Å². The molecule has 0 aliphatic heterocycles. The van der Waals surface area contributed by atoms with Crippen LogP contribution in [0, 0.1) is 25.2 Å². The molecule has 0 spiro atoms. The van der Waals surface area contributed by atoms with E-state index in [0.29, 0.717) is 0 Å². The summed E-state index contributed by atoms with van der Waals surface area (Å²) < 4.78 is 2.56. The van der Waals surface area contributed by atoms with E-state index in [1.54, 1.807) is 10.8 Å². The number of carbonyl (C=O) groups is 1. The van der Waals surface area contributed by atoms with E-state index in [2.05, 4.69) is 21.4 Å². The van der Waals surface area contributed by atoms with E-state index in [1.807, 2.05) is 69.2 Å². The van der Waals surface area contributed by atoms with Gasteiger partial charge in [0.25, 0.3) is 5.91 Å². The number of nitriles is 1. The SMILES string of the molecule is Cc1ccc(C)n1NC(=O)/C(C#N)=C\c1ccc(N(C)C)c(Br)c1. The summed E-state index contributed by atoms with van der Waals surface area (Å²) in [5.41, 5.74) is 6.39. The monoisotopic (exact) mass is 386 g/mol. The van der Waals surface area contributed by atoms with Crippen molar-refractivity contribution in [3.05, 3.63) is 57.3 Å². The van der Waals surface area contributed by atoms with Crippen LogP contribution in [0.25, 0.3) is 6.08 Å². The average Bonchev–Trinajstić information content (AvgIpc) is 2.84. The minimum absolute atomic E-state index is 0.0482. The molecule has 1 heterocycles. The van der Waals surface area contributed by atoms with Crippen molar-refractivity contribution in [1.82, 2.24) is 4.68 Å². The zero-order chi connectivity index (χ0) is 17.9. The summed E-state index contributed by atoms with van der Waals surface area (Å²) in [6.45, 7) is 3.78. The molecule has 0 saturated carbocycles. The van der Waals surface area contributed by atoms with Crippen LogP contribution in [0.5, 0.6) is 0 Å². The first kappa shape index (κ1) is 17.8. The van der Waals surface area contributed by atoms with Gasteiger partial charge in [-0.2, -0.15) is 5.26 Å². The van der Waals surface area contributed by atoms with Crippen LogP contribution in [-0.2, 0) is 4.79 Å². The van der Waals surface area contributed by atoms with E-state index in [1.165, 1.54) is 0 Å². The number of carbonyl (C=O) groups excluding carboxylic acids is 1. The highest BCUT2D eigenvalue weighted by Crippen LogP contribution is 2.26. The van der Waals surface area contributed by atoms with Crippen molar-refractivity contribution in [1.29, 1.82) is 5.26 Å². The number of nitrogens with zero attached hydrogens (tertiary/aromatic N) is 3. The molecular weight excluding hydrogens is 368 g/mol. The third kappa shape index (κ3) is 3.87. The number of amides is 1. The summed E-state index contributed by atoms with van der Waals surface area (Å²) in [7, 11) is 3.90. The first-order valence-corrected chi connectivity index (χ1v) is 8.17. The van der Waals surface area contributed by atoms with Crippen molar-refractivity contribution in [3.63, 3.8) is 0 Å². The van der Waals surface area contributed by atoms with Crippen LogP contribution < -0.4 is 10.3 Å². The second kappa shape index (κ2) is 7.37. The summed E-state index contributed by atoms with van der Waals surface area (Å²) in [5, 5.41) is 9.33. The summed E-state index contributed by atoms with van der Waals surface area (Å²) in [6.07, 6.45) is 1.58. The molecule has 5 nitrogen and oxygen atoms in total. The van der Waals surface area contributed by atoms with Gasteiger partial charge >= 0.3 is 0 Å². The molecule has 0 unspecified atom stereocenters. The molecule has 1 N–H and O–H groups in total. The third-order valence-corrected chi connectivity index (χ3v) is 4.25. The van der Waals surface area contributed by atoms with Crippen LogP contribution in [0.15, 0.2) is 40.4 Å². The maximum Gasteiger partial charge on any atom is 0.280 e. The zero-order valence-electron chi connectivity index (χ0n) is 14.1. The Morgan fingerprint density at radius 1 is 1.25 bits per heavy atom. The minimum atomic E-state index is -0.437. The van der Waals surface area contributed by atoms with Gasteiger partial charge in [-0.25, -0.2) is 0 Å². The lowest BCUT2D eigenvalue weighted by Gasteiger charge is -2.15. The van der Waals surface area contributed by atoms with E-state index in [0.717, 1.165) is 27.1 Å². The Labute approximate surface area is 150 Å². The van der Waals surface area contributed by atoms with E-state index in [4.69, 9.17) is 0 Å². The molecule has 1 aromatic carbocycles. The maximum absolute atomic E-state index is 12.4. The van der Waals surface area contributed by atoms with Gasteiger partial charge in [0, 0.05) is 30.0 Å². The van der Waals surface area contributed by atoms with E-state index in [-0.39, 0.29) is 5.57 Å². The predicted molar refractivity (Wildman–Crippen MR) is 100 cm³/mol. The lowest BCUT2D eigenvalue weighted by molar-refractivity contribution is -0.113. The van der Waals surface area contributed by atoms with Gasteiger partial charge in [-0.15, -0.1) is 0 Å². The van der Waals surface area contributed by atoms with Crippen LogP contribution in [0.4, 0.5) is 5.69 Å². The number of rotatable bonds is 4. The van der Waals surface area contributed by atoms with Crippen molar-refractivity contribution < 1.29 is 4.79 Å². The number of aryl methyl sites for hydroxylation is 2. The van der Waals surface area contributed by atoms with Crippen LogP contribution >= 0.6 is 15.9 Å². The standard InChI is InChI=1S/C18H19BrN4O/c1-12-5-6-13(2)23(12)21-18(24)15(11-20)9-14-7-8-17(22(3)4)16(19)10-14/h5-10H,1-4H3,(H,21,24)/b15-9-. The lowest BCUT2D eigenvalue weighted by Crippen LogP contribution is -2.25. The molecular formula is C18H19BrN4O. The molecule has 0 saturated heterocycles. The number of halogens is 1. The second-order valence-electron chi connectivity index (χ2n) is 5.67. The number of hydrogen-bond donors (Lipinski definition) is 1. The molecule has 0 aliphatic rings. The molecule has 0 fully saturated rings. The molecule has 2 aromatic rings. The third-order valence-electron chi connectivity index (χ3n) is 3.61. The van der Waals surface area contributed by atoms with Crippen LogP contribution in [0.1, 0.15) is 17.0 Å². The quantitative estimate of drug-likeness (QED) is 0.644. The van der Waals surface area contributed by atoms with Gasteiger partial charge in [-0.3, -0.25) is 14.9 Å². The minimum Gasteiger partial charge on any atom is -0.377 e. The fourth-order valence-corrected chi connectivity index (χ4v) is 3.05. The van der Waals surface area contributed by atoms with Gasteiger partial charge in [0.1, 0.15) is 11.6 Å². The van der Waals surface area contributed by atoms with Gasteiger partial charge in [-0.1, -0.05) is 6.07 Å². The highest BCUT2D eigenvalue weighted by molar-refractivity contribution is 9.10. The Hall–Kier alpha value is -2.52. The molecule has 0 atom stereocenters. The smallest absolute Gasteiger partial charge is 0.280 e. The van der Waals surface area contributed by atoms with Gasteiger partial charge in [0.15, 0.2) is 0 Å². The van der Waals surface area contributed by atoms with Crippen molar-refractivity contribution in [2.24, 2.45) is 0 Å². The Morgan fingerprint density at radius 3 is 2.38 bits per heavy atom. The van der Waals surface area contributed by atoms with Crippen molar-refractivity contribution >= 4 is 33.6 Å². The molecule has 1 amide bonds. The fraction of sp³-hybridized carbons (Fsp3) is 0.222. The number of hydrogen-bond acceptors (Lipinski definition) is 3. The summed E-state index contributed by atoms with van der Waals surface area (Å²) in [4.78, 5) is 14.3. The molecule has 1 aromatic heterocycles. The largest absolute Gasteiger partial charge is 0.377 e. The van der Waals surface area contributed by atoms with Gasteiger partial charge < -0.3 is 4.90 Å². The molecule has 124 valence electrons. The number of benzene rings is 1. The second-order valence-corrected chi connectivity index (χ2v) is 6.52. The topological polar surface area (TPSA) is 61.1 Å². The van der Waals surface area contributed by atoms with Crippen molar-refractivity contribution in [2.45, 2.75) is 13.8 Å². The Balaban J connectivity index is 2.28. The van der Waals surface area contributed by atoms with Gasteiger partial charge in [0.2, 0.25) is 0 Å².